The predicted molar refractivity (Wildman–Crippen MR) is 120 cm³/mol. The molecule has 0 saturated carbocycles. The normalized spacial score (nSPS) is 10.9. The molecule has 0 amide bonds. The molecule has 0 aliphatic heterocycles. The molecule has 0 aliphatic rings. The molecule has 1 aromatic heterocycles. The van der Waals surface area contributed by atoms with E-state index in [0.717, 1.165) is 27.8 Å². The average Bonchev–Trinajstić information content (AvgIpc) is 3.13. The zero-order valence-electron chi connectivity index (χ0n) is 16.5. The topological polar surface area (TPSA) is 79.1 Å². The van der Waals surface area contributed by atoms with Crippen LogP contribution in [0.1, 0.15) is 18.1 Å². The fourth-order valence-corrected chi connectivity index (χ4v) is 3.39. The summed E-state index contributed by atoms with van der Waals surface area (Å²) in [5.41, 5.74) is 4.11. The molecule has 0 atom stereocenters. The quantitative estimate of drug-likeness (QED) is 0.368. The van der Waals surface area contributed by atoms with E-state index in [1.807, 2.05) is 61.5 Å². The Labute approximate surface area is 178 Å². The van der Waals surface area contributed by atoms with Crippen molar-refractivity contribution < 1.29 is 9.47 Å². The zero-order chi connectivity index (χ0) is 20.9. The van der Waals surface area contributed by atoms with Gasteiger partial charge >= 0.3 is 5.69 Å². The Morgan fingerprint density at radius 2 is 1.70 bits per heavy atom. The summed E-state index contributed by atoms with van der Waals surface area (Å²) in [7, 11) is 0. The first-order valence-electron chi connectivity index (χ1n) is 9.70. The molecule has 3 N–H and O–H groups in total. The summed E-state index contributed by atoms with van der Waals surface area (Å²) in [6.45, 7) is 3.38. The first kappa shape index (κ1) is 19.9. The van der Waals surface area contributed by atoms with Crippen LogP contribution >= 0.6 is 11.6 Å². The largest absolute Gasteiger partial charge is 0.490 e. The van der Waals surface area contributed by atoms with Crippen LogP contribution in [0.5, 0.6) is 11.5 Å². The Hall–Kier alpha value is -3.38. The summed E-state index contributed by atoms with van der Waals surface area (Å²) in [6, 6.07) is 19.3. The van der Waals surface area contributed by atoms with Crippen LogP contribution in [0.25, 0.3) is 11.0 Å². The van der Waals surface area contributed by atoms with E-state index in [1.165, 1.54) is 0 Å². The second-order valence-electron chi connectivity index (χ2n) is 6.79. The van der Waals surface area contributed by atoms with Gasteiger partial charge in [0.25, 0.3) is 0 Å². The van der Waals surface area contributed by atoms with E-state index >= 15 is 0 Å². The lowest BCUT2D eigenvalue weighted by molar-refractivity contribution is 0.269. The van der Waals surface area contributed by atoms with Gasteiger partial charge in [0.1, 0.15) is 6.61 Å². The highest BCUT2D eigenvalue weighted by atomic mass is 35.5. The van der Waals surface area contributed by atoms with Crippen molar-refractivity contribution in [2.24, 2.45) is 0 Å². The molecule has 1 heterocycles. The third-order valence-corrected chi connectivity index (χ3v) is 5.00. The average molecular weight is 424 g/mol. The lowest BCUT2D eigenvalue weighted by Gasteiger charge is -2.16. The van der Waals surface area contributed by atoms with Crippen molar-refractivity contribution in [3.63, 3.8) is 0 Å². The van der Waals surface area contributed by atoms with Gasteiger partial charge in [-0.2, -0.15) is 0 Å². The van der Waals surface area contributed by atoms with Crippen molar-refractivity contribution in [3.05, 3.63) is 87.3 Å². The number of benzene rings is 3. The summed E-state index contributed by atoms with van der Waals surface area (Å²) < 4.78 is 11.7. The Morgan fingerprint density at radius 1 is 0.933 bits per heavy atom. The van der Waals surface area contributed by atoms with E-state index in [0.29, 0.717) is 36.3 Å². The maximum Gasteiger partial charge on any atom is 0.323 e. The molecule has 4 aromatic rings. The molecule has 0 saturated heterocycles. The minimum atomic E-state index is -0.224. The third kappa shape index (κ3) is 4.60. The zero-order valence-corrected chi connectivity index (χ0v) is 17.3. The van der Waals surface area contributed by atoms with Gasteiger partial charge in [-0.15, -0.1) is 0 Å². The molecule has 0 radical (unpaired) electrons. The van der Waals surface area contributed by atoms with E-state index in [2.05, 4.69) is 15.3 Å². The van der Waals surface area contributed by atoms with Crippen LogP contribution in [0.15, 0.2) is 65.5 Å². The van der Waals surface area contributed by atoms with Gasteiger partial charge in [-0.3, -0.25) is 0 Å². The minimum Gasteiger partial charge on any atom is -0.490 e. The van der Waals surface area contributed by atoms with Crippen molar-refractivity contribution >= 4 is 28.3 Å². The first-order valence-corrected chi connectivity index (χ1v) is 10.1. The first-order chi connectivity index (χ1) is 14.6. The van der Waals surface area contributed by atoms with Crippen molar-refractivity contribution in [2.45, 2.75) is 20.1 Å². The van der Waals surface area contributed by atoms with E-state index in [-0.39, 0.29) is 5.69 Å². The highest BCUT2D eigenvalue weighted by molar-refractivity contribution is 6.31. The lowest BCUT2D eigenvalue weighted by atomic mass is 10.2. The minimum absolute atomic E-state index is 0.224. The molecule has 7 heteroatoms. The van der Waals surface area contributed by atoms with Crippen LogP contribution in [-0.2, 0) is 13.2 Å². The maximum atomic E-state index is 11.4. The van der Waals surface area contributed by atoms with E-state index in [9.17, 15) is 4.79 Å². The molecule has 0 fully saturated rings. The fraction of sp³-hybridized carbons (Fsp3) is 0.174. The van der Waals surface area contributed by atoms with Gasteiger partial charge in [-0.25, -0.2) is 4.79 Å². The number of rotatable bonds is 8. The number of ether oxygens (including phenoxy) is 2. The summed E-state index contributed by atoms with van der Waals surface area (Å²) in [6.07, 6.45) is 0. The van der Waals surface area contributed by atoms with Crippen molar-refractivity contribution in [2.75, 3.05) is 11.9 Å². The van der Waals surface area contributed by atoms with Gasteiger partial charge in [0, 0.05) is 23.3 Å². The standard InChI is InChI=1S/C23H22ClN3O3/c1-2-29-21-10-16(13-25-17-8-9-19-20(11-17)27-23(28)26-19)18(24)12-22(21)30-14-15-6-4-3-5-7-15/h3-12,25H,2,13-14H2,1H3,(H2,26,27,28). The van der Waals surface area contributed by atoms with E-state index in [4.69, 9.17) is 21.1 Å². The molecule has 154 valence electrons. The Kier molecular flexibility index (Phi) is 5.95. The number of aromatic amines is 2. The number of nitrogens with one attached hydrogen (secondary N) is 3. The SMILES string of the molecule is CCOc1cc(CNc2ccc3[nH]c(=O)[nH]c3c2)c(Cl)cc1OCc1ccccc1. The monoisotopic (exact) mass is 423 g/mol. The molecule has 6 nitrogen and oxygen atoms in total. The number of anilines is 1. The highest BCUT2D eigenvalue weighted by Gasteiger charge is 2.12. The number of hydrogen-bond acceptors (Lipinski definition) is 4. The molecular formula is C23H22ClN3O3. The van der Waals surface area contributed by atoms with Crippen LogP contribution in [0, 0.1) is 0 Å². The lowest BCUT2D eigenvalue weighted by Crippen LogP contribution is -2.04. The second kappa shape index (κ2) is 8.97. The number of halogens is 1. The molecular weight excluding hydrogens is 402 g/mol. The Morgan fingerprint density at radius 3 is 2.50 bits per heavy atom. The van der Waals surface area contributed by atoms with Crippen LogP contribution in [-0.4, -0.2) is 16.6 Å². The summed E-state index contributed by atoms with van der Waals surface area (Å²) in [5.74, 6) is 1.26. The number of aromatic nitrogens is 2. The number of H-pyrrole nitrogens is 2. The van der Waals surface area contributed by atoms with Crippen LogP contribution < -0.4 is 20.5 Å². The highest BCUT2D eigenvalue weighted by Crippen LogP contribution is 2.34. The van der Waals surface area contributed by atoms with E-state index in [1.54, 1.807) is 6.07 Å². The van der Waals surface area contributed by atoms with Crippen molar-refractivity contribution in [3.8, 4) is 11.5 Å². The van der Waals surface area contributed by atoms with Crippen LogP contribution in [0.2, 0.25) is 5.02 Å². The number of imidazole rings is 1. The van der Waals surface area contributed by atoms with Crippen LogP contribution in [0.4, 0.5) is 5.69 Å². The van der Waals surface area contributed by atoms with Gasteiger partial charge < -0.3 is 24.8 Å². The smallest absolute Gasteiger partial charge is 0.323 e. The van der Waals surface area contributed by atoms with Gasteiger partial charge in [-0.1, -0.05) is 41.9 Å². The third-order valence-electron chi connectivity index (χ3n) is 4.65. The molecule has 30 heavy (non-hydrogen) atoms. The predicted octanol–water partition coefficient (Wildman–Crippen LogP) is 5.10. The second-order valence-corrected chi connectivity index (χ2v) is 7.20. The Balaban J connectivity index is 1.50. The van der Waals surface area contributed by atoms with Crippen LogP contribution in [0.3, 0.4) is 0 Å². The van der Waals surface area contributed by atoms with Gasteiger partial charge in [0.2, 0.25) is 0 Å². The molecule has 0 spiro atoms. The number of hydrogen-bond donors (Lipinski definition) is 3. The van der Waals surface area contributed by atoms with Crippen molar-refractivity contribution in [1.29, 1.82) is 0 Å². The molecule has 4 rings (SSSR count). The summed E-state index contributed by atoms with van der Waals surface area (Å²) in [4.78, 5) is 16.9. The van der Waals surface area contributed by atoms with Gasteiger partial charge in [-0.05, 0) is 42.3 Å². The number of fused-ring (bicyclic) bond motifs is 1. The molecule has 3 aromatic carbocycles. The maximum absolute atomic E-state index is 11.4. The summed E-state index contributed by atoms with van der Waals surface area (Å²) in [5, 5.41) is 3.92. The molecule has 0 bridgehead atoms. The van der Waals surface area contributed by atoms with E-state index < -0.39 is 0 Å². The Bertz CT molecular complexity index is 1200. The fourth-order valence-electron chi connectivity index (χ4n) is 3.17. The van der Waals surface area contributed by atoms with Gasteiger partial charge in [0.05, 0.1) is 17.6 Å². The molecule has 0 aliphatic carbocycles. The van der Waals surface area contributed by atoms with Gasteiger partial charge in [0.15, 0.2) is 11.5 Å². The van der Waals surface area contributed by atoms with Crippen molar-refractivity contribution in [1.82, 2.24) is 9.97 Å². The molecule has 0 unspecified atom stereocenters. The summed E-state index contributed by atoms with van der Waals surface area (Å²) >= 11 is 6.52.